The van der Waals surface area contributed by atoms with Crippen LogP contribution in [-0.2, 0) is 26.0 Å². The third kappa shape index (κ3) is 5.87. The van der Waals surface area contributed by atoms with Crippen LogP contribution in [0.3, 0.4) is 0 Å². The van der Waals surface area contributed by atoms with E-state index in [1.807, 2.05) is 12.1 Å². The van der Waals surface area contributed by atoms with Crippen LogP contribution < -0.4 is 9.62 Å². The van der Waals surface area contributed by atoms with E-state index in [4.69, 9.17) is 0 Å². The number of benzene rings is 4. The zero-order valence-corrected chi connectivity index (χ0v) is 21.3. The summed E-state index contributed by atoms with van der Waals surface area (Å²) in [6.45, 7) is 1.99. The van der Waals surface area contributed by atoms with E-state index in [1.54, 1.807) is 55.5 Å². The van der Waals surface area contributed by atoms with Crippen molar-refractivity contribution in [3.8, 4) is 0 Å². The van der Waals surface area contributed by atoms with Crippen molar-refractivity contribution in [3.05, 3.63) is 113 Å². The minimum Gasteiger partial charge on any atom is -0.312 e. The molecule has 10 heteroatoms. The summed E-state index contributed by atoms with van der Waals surface area (Å²) in [7, 11) is -4.30. The predicted molar refractivity (Wildman–Crippen MR) is 144 cm³/mol. The Hall–Kier alpha value is -4.57. The van der Waals surface area contributed by atoms with Gasteiger partial charge in [0.15, 0.2) is 0 Å². The molecule has 0 fully saturated rings. The van der Waals surface area contributed by atoms with Gasteiger partial charge in [0.25, 0.3) is 15.7 Å². The van der Waals surface area contributed by atoms with E-state index in [0.717, 1.165) is 5.39 Å². The molecule has 4 rings (SSSR count). The number of nitro groups is 1. The van der Waals surface area contributed by atoms with Crippen LogP contribution in [-0.4, -0.2) is 31.7 Å². The molecular formula is C28H25N3O6S. The second-order valence-electron chi connectivity index (χ2n) is 8.58. The van der Waals surface area contributed by atoms with Crippen LogP contribution >= 0.6 is 0 Å². The van der Waals surface area contributed by atoms with Crippen LogP contribution in [0.1, 0.15) is 12.5 Å². The SMILES string of the molecule is CCN(C(=O)C(Cc1ccc([N+](=O)[O-])cc1)C(=O)NS(=O)(=O)c1ccc2ccccc2c1)c1ccccc1. The standard InChI is InChI=1S/C28H25N3O6S/c1-2-30(23-10-4-3-5-11-23)28(33)26(18-20-12-15-24(16-13-20)31(34)35)27(32)29-38(36,37)25-17-14-21-8-6-7-9-22(21)19-25/h3-17,19,26H,2,18H2,1H3,(H,29,32). The van der Waals surface area contributed by atoms with E-state index in [-0.39, 0.29) is 23.5 Å². The van der Waals surface area contributed by atoms with Crippen LogP contribution in [0.2, 0.25) is 0 Å². The maximum Gasteiger partial charge on any atom is 0.269 e. The highest BCUT2D eigenvalue weighted by molar-refractivity contribution is 7.90. The van der Waals surface area contributed by atoms with Crippen LogP contribution in [0.4, 0.5) is 11.4 Å². The number of non-ortho nitro benzene ring substituents is 1. The Balaban J connectivity index is 1.66. The number of sulfonamides is 1. The molecule has 4 aromatic rings. The fourth-order valence-corrected chi connectivity index (χ4v) is 5.19. The average Bonchev–Trinajstić information content (AvgIpc) is 2.92. The highest BCUT2D eigenvalue weighted by atomic mass is 32.2. The summed E-state index contributed by atoms with van der Waals surface area (Å²) in [6, 6.07) is 25.9. The van der Waals surface area contributed by atoms with E-state index in [2.05, 4.69) is 4.72 Å². The second kappa shape index (κ2) is 11.2. The van der Waals surface area contributed by atoms with Gasteiger partial charge in [-0.05, 0) is 53.9 Å². The fourth-order valence-electron chi connectivity index (χ4n) is 4.14. The monoisotopic (exact) mass is 531 g/mol. The third-order valence-electron chi connectivity index (χ3n) is 6.12. The minimum absolute atomic E-state index is 0.110. The van der Waals surface area contributed by atoms with Gasteiger partial charge >= 0.3 is 0 Å². The number of amides is 2. The number of fused-ring (bicyclic) bond motifs is 1. The molecule has 1 unspecified atom stereocenters. The maximum atomic E-state index is 13.7. The normalized spacial score (nSPS) is 12.0. The summed E-state index contributed by atoms with van der Waals surface area (Å²) in [5, 5.41) is 12.5. The van der Waals surface area contributed by atoms with Crippen molar-refractivity contribution >= 4 is 44.0 Å². The van der Waals surface area contributed by atoms with E-state index >= 15 is 0 Å². The zero-order valence-electron chi connectivity index (χ0n) is 20.5. The molecule has 0 bridgehead atoms. The highest BCUT2D eigenvalue weighted by Gasteiger charge is 2.34. The summed E-state index contributed by atoms with van der Waals surface area (Å²) in [6.07, 6.45) is -0.154. The number of nitro benzene ring substituents is 1. The fraction of sp³-hybridized carbons (Fsp3) is 0.143. The molecule has 0 radical (unpaired) electrons. The van der Waals surface area contributed by atoms with Gasteiger partial charge < -0.3 is 4.90 Å². The topological polar surface area (TPSA) is 127 Å². The Labute approximate surface area is 219 Å². The van der Waals surface area contributed by atoms with Crippen molar-refractivity contribution in [2.45, 2.75) is 18.2 Å². The summed E-state index contributed by atoms with van der Waals surface area (Å²) in [5.41, 5.74) is 0.884. The lowest BCUT2D eigenvalue weighted by Gasteiger charge is -2.26. The molecule has 4 aromatic carbocycles. The zero-order chi connectivity index (χ0) is 27.3. The van der Waals surface area contributed by atoms with Crippen molar-refractivity contribution in [1.29, 1.82) is 0 Å². The van der Waals surface area contributed by atoms with Crippen molar-refractivity contribution in [1.82, 2.24) is 4.72 Å². The summed E-state index contributed by atoms with van der Waals surface area (Å²) in [4.78, 5) is 38.8. The number of para-hydroxylation sites is 1. The molecule has 1 N–H and O–H groups in total. The number of carbonyl (C=O) groups is 2. The maximum absolute atomic E-state index is 13.7. The van der Waals surface area contributed by atoms with Gasteiger partial charge in [-0.2, -0.15) is 0 Å². The lowest BCUT2D eigenvalue weighted by Crippen LogP contribution is -2.46. The van der Waals surface area contributed by atoms with E-state index in [9.17, 15) is 28.1 Å². The molecule has 0 saturated carbocycles. The van der Waals surface area contributed by atoms with Crippen molar-refractivity contribution in [3.63, 3.8) is 0 Å². The van der Waals surface area contributed by atoms with E-state index in [1.165, 1.54) is 41.3 Å². The first-order valence-corrected chi connectivity index (χ1v) is 13.3. The lowest BCUT2D eigenvalue weighted by molar-refractivity contribution is -0.384. The largest absolute Gasteiger partial charge is 0.312 e. The first kappa shape index (κ1) is 26.5. The number of nitrogens with one attached hydrogen (secondary N) is 1. The van der Waals surface area contributed by atoms with Gasteiger partial charge in [0.05, 0.1) is 9.82 Å². The van der Waals surface area contributed by atoms with Gasteiger partial charge in [0.2, 0.25) is 11.8 Å². The summed E-state index contributed by atoms with van der Waals surface area (Å²) in [5.74, 6) is -2.99. The van der Waals surface area contributed by atoms with Gasteiger partial charge in [-0.1, -0.05) is 60.7 Å². The Morgan fingerprint density at radius 2 is 1.53 bits per heavy atom. The van der Waals surface area contributed by atoms with Crippen molar-refractivity contribution in [2.24, 2.45) is 5.92 Å². The number of nitrogens with zero attached hydrogens (tertiary/aromatic N) is 2. The van der Waals surface area contributed by atoms with Crippen molar-refractivity contribution in [2.75, 3.05) is 11.4 Å². The lowest BCUT2D eigenvalue weighted by atomic mass is 9.96. The second-order valence-corrected chi connectivity index (χ2v) is 10.3. The van der Waals surface area contributed by atoms with Crippen LogP contribution in [0.25, 0.3) is 10.8 Å². The average molecular weight is 532 g/mol. The van der Waals surface area contributed by atoms with Gasteiger partial charge in [0.1, 0.15) is 5.92 Å². The van der Waals surface area contributed by atoms with Crippen LogP contribution in [0.15, 0.2) is 102 Å². The first-order valence-electron chi connectivity index (χ1n) is 11.8. The molecule has 0 aliphatic rings. The molecule has 0 spiro atoms. The quantitative estimate of drug-likeness (QED) is 0.193. The number of rotatable bonds is 9. The first-order chi connectivity index (χ1) is 18.2. The van der Waals surface area contributed by atoms with E-state index in [0.29, 0.717) is 16.6 Å². The molecule has 194 valence electrons. The Morgan fingerprint density at radius 1 is 0.895 bits per heavy atom. The number of hydrogen-bond donors (Lipinski definition) is 1. The molecule has 0 aromatic heterocycles. The van der Waals surface area contributed by atoms with Gasteiger partial charge in [0, 0.05) is 24.4 Å². The highest BCUT2D eigenvalue weighted by Crippen LogP contribution is 2.23. The molecule has 1 atom stereocenters. The van der Waals surface area contributed by atoms with Crippen molar-refractivity contribution < 1.29 is 22.9 Å². The molecule has 2 amide bonds. The number of hydrogen-bond acceptors (Lipinski definition) is 6. The summed E-state index contributed by atoms with van der Waals surface area (Å²) >= 11 is 0. The van der Waals surface area contributed by atoms with Crippen LogP contribution in [0, 0.1) is 16.0 Å². The number of anilines is 1. The van der Waals surface area contributed by atoms with Crippen LogP contribution in [0.5, 0.6) is 0 Å². The third-order valence-corrected chi connectivity index (χ3v) is 7.46. The summed E-state index contributed by atoms with van der Waals surface area (Å²) < 4.78 is 28.4. The molecule has 0 saturated heterocycles. The van der Waals surface area contributed by atoms with Gasteiger partial charge in [-0.3, -0.25) is 19.7 Å². The molecule has 0 aliphatic carbocycles. The smallest absolute Gasteiger partial charge is 0.269 e. The molecule has 38 heavy (non-hydrogen) atoms. The molecule has 0 heterocycles. The molecule has 9 nitrogen and oxygen atoms in total. The number of carbonyl (C=O) groups excluding carboxylic acids is 2. The molecular weight excluding hydrogens is 506 g/mol. The van der Waals surface area contributed by atoms with Gasteiger partial charge in [-0.15, -0.1) is 0 Å². The van der Waals surface area contributed by atoms with E-state index < -0.39 is 32.7 Å². The molecule has 0 aliphatic heterocycles. The Bertz CT molecular complexity index is 1590. The Morgan fingerprint density at radius 3 is 2.16 bits per heavy atom. The minimum atomic E-state index is -4.30. The Kier molecular flexibility index (Phi) is 7.82. The van der Waals surface area contributed by atoms with Gasteiger partial charge in [-0.25, -0.2) is 13.1 Å². The predicted octanol–water partition coefficient (Wildman–Crippen LogP) is 4.46.